The molecule has 0 fully saturated rings. The Hall–Kier alpha value is -0.0400. The Balaban J connectivity index is 5.08. The number of hydrogen-bond acceptors (Lipinski definition) is 1. The van der Waals surface area contributed by atoms with E-state index in [4.69, 9.17) is 4.74 Å². The lowest BCUT2D eigenvalue weighted by atomic mass is 9.79. The topological polar surface area (TPSA) is 9.23 Å². The molecule has 0 atom stereocenters. The van der Waals surface area contributed by atoms with Crippen LogP contribution in [0.1, 0.15) is 132 Å². The van der Waals surface area contributed by atoms with Gasteiger partial charge in [0.15, 0.2) is 0 Å². The lowest BCUT2D eigenvalue weighted by Crippen LogP contribution is -2.46. The van der Waals surface area contributed by atoms with Crippen LogP contribution in [0.3, 0.4) is 0 Å². The summed E-state index contributed by atoms with van der Waals surface area (Å²) in [6, 6.07) is 0. The van der Waals surface area contributed by atoms with Gasteiger partial charge in [-0.2, -0.15) is 0 Å². The molecule has 0 aromatic heterocycles. The van der Waals surface area contributed by atoms with Gasteiger partial charge < -0.3 is 4.74 Å². The average Bonchev–Trinajstić information content (AvgIpc) is 2.53. The molecule has 1 heteroatoms. The maximum Gasteiger partial charge on any atom is 0.0661 e. The SMILES string of the molecule is CCCCC(CCCC)C(C)(C)OC(C)(C)C(CCCC)CCCC. The molecule has 0 bridgehead atoms. The predicted molar refractivity (Wildman–Crippen MR) is 114 cm³/mol. The third-order valence-corrected chi connectivity index (χ3v) is 6.12. The van der Waals surface area contributed by atoms with Crippen molar-refractivity contribution in [2.75, 3.05) is 0 Å². The average molecular weight is 355 g/mol. The third kappa shape index (κ3) is 10.0. The van der Waals surface area contributed by atoms with Gasteiger partial charge >= 0.3 is 0 Å². The van der Waals surface area contributed by atoms with E-state index in [9.17, 15) is 0 Å². The quantitative estimate of drug-likeness (QED) is 0.270. The van der Waals surface area contributed by atoms with Gasteiger partial charge in [-0.15, -0.1) is 0 Å². The summed E-state index contributed by atoms with van der Waals surface area (Å²) in [6.07, 6.45) is 15.7. The molecular weight excluding hydrogens is 304 g/mol. The molecule has 0 spiro atoms. The number of rotatable bonds is 16. The van der Waals surface area contributed by atoms with Crippen molar-refractivity contribution in [1.82, 2.24) is 0 Å². The molecule has 152 valence electrons. The highest BCUT2D eigenvalue weighted by molar-refractivity contribution is 4.87. The Morgan fingerprint density at radius 1 is 0.520 bits per heavy atom. The van der Waals surface area contributed by atoms with Crippen LogP contribution in [-0.2, 0) is 4.74 Å². The molecule has 0 N–H and O–H groups in total. The molecule has 25 heavy (non-hydrogen) atoms. The predicted octanol–water partition coefficient (Wildman–Crippen LogP) is 8.55. The summed E-state index contributed by atoms with van der Waals surface area (Å²) in [7, 11) is 0. The highest BCUT2D eigenvalue weighted by Gasteiger charge is 2.39. The molecule has 0 aromatic carbocycles. The molecule has 0 aliphatic rings. The molecule has 1 nitrogen and oxygen atoms in total. The first-order valence-electron chi connectivity index (χ1n) is 11.4. The summed E-state index contributed by atoms with van der Waals surface area (Å²) in [5, 5.41) is 0. The van der Waals surface area contributed by atoms with Gasteiger partial charge in [0.2, 0.25) is 0 Å². The summed E-state index contributed by atoms with van der Waals surface area (Å²) in [4.78, 5) is 0. The van der Waals surface area contributed by atoms with Crippen molar-refractivity contribution in [2.24, 2.45) is 11.8 Å². The second kappa shape index (κ2) is 13.2. The molecule has 0 radical (unpaired) electrons. The summed E-state index contributed by atoms with van der Waals surface area (Å²) in [6.45, 7) is 18.7. The summed E-state index contributed by atoms with van der Waals surface area (Å²) in [5.74, 6) is 1.37. The minimum Gasteiger partial charge on any atom is -0.369 e. The zero-order valence-corrected chi connectivity index (χ0v) is 19.0. The van der Waals surface area contributed by atoms with E-state index in [1.165, 1.54) is 77.0 Å². The molecule has 0 aliphatic carbocycles. The summed E-state index contributed by atoms with van der Waals surface area (Å²) >= 11 is 0. The van der Waals surface area contributed by atoms with Crippen molar-refractivity contribution in [3.05, 3.63) is 0 Å². The fourth-order valence-electron chi connectivity index (χ4n) is 4.33. The lowest BCUT2D eigenvalue weighted by molar-refractivity contribution is -0.177. The Labute approximate surface area is 160 Å². The molecule has 0 saturated carbocycles. The number of hydrogen-bond donors (Lipinski definition) is 0. The van der Waals surface area contributed by atoms with Crippen molar-refractivity contribution in [3.8, 4) is 0 Å². The van der Waals surface area contributed by atoms with Crippen LogP contribution in [0.25, 0.3) is 0 Å². The van der Waals surface area contributed by atoms with E-state index in [2.05, 4.69) is 55.4 Å². The maximum atomic E-state index is 6.94. The Morgan fingerprint density at radius 3 is 0.960 bits per heavy atom. The van der Waals surface area contributed by atoms with Gasteiger partial charge in [0.25, 0.3) is 0 Å². The zero-order chi connectivity index (χ0) is 19.3. The number of ether oxygens (including phenoxy) is 1. The fourth-order valence-corrected chi connectivity index (χ4v) is 4.33. The van der Waals surface area contributed by atoms with Crippen LogP contribution in [0.4, 0.5) is 0 Å². The second-order valence-corrected chi connectivity index (χ2v) is 9.27. The summed E-state index contributed by atoms with van der Waals surface area (Å²) in [5.41, 5.74) is -0.0466. The maximum absolute atomic E-state index is 6.94. The van der Waals surface area contributed by atoms with Crippen LogP contribution in [0.5, 0.6) is 0 Å². The Bertz CT molecular complexity index is 259. The molecule has 0 rings (SSSR count). The van der Waals surface area contributed by atoms with Gasteiger partial charge in [-0.3, -0.25) is 0 Å². The highest BCUT2D eigenvalue weighted by Crippen LogP contribution is 2.39. The van der Waals surface area contributed by atoms with E-state index < -0.39 is 0 Å². The first-order chi connectivity index (χ1) is 11.7. The normalized spacial score (nSPS) is 13.2. The van der Waals surface area contributed by atoms with Gasteiger partial charge in [0, 0.05) is 0 Å². The molecule has 0 heterocycles. The standard InChI is InChI=1S/C24H50O/c1-9-13-17-21(18-14-10-2)23(5,6)25-24(7,8)22(19-15-11-3)20-16-12-4/h21-22H,9-20H2,1-8H3. The zero-order valence-electron chi connectivity index (χ0n) is 19.0. The Morgan fingerprint density at radius 2 is 0.760 bits per heavy atom. The molecular formula is C24H50O. The Kier molecular flexibility index (Phi) is 13.2. The molecule has 0 amide bonds. The molecule has 0 saturated heterocycles. The van der Waals surface area contributed by atoms with Crippen molar-refractivity contribution < 1.29 is 4.74 Å². The van der Waals surface area contributed by atoms with Crippen molar-refractivity contribution in [2.45, 2.75) is 144 Å². The van der Waals surface area contributed by atoms with E-state index in [0.29, 0.717) is 11.8 Å². The molecule has 0 unspecified atom stereocenters. The van der Waals surface area contributed by atoms with Crippen LogP contribution in [0.15, 0.2) is 0 Å². The first-order valence-corrected chi connectivity index (χ1v) is 11.4. The van der Waals surface area contributed by atoms with E-state index in [-0.39, 0.29) is 11.2 Å². The van der Waals surface area contributed by atoms with Gasteiger partial charge in [0.05, 0.1) is 11.2 Å². The van der Waals surface area contributed by atoms with E-state index in [0.717, 1.165) is 0 Å². The van der Waals surface area contributed by atoms with E-state index >= 15 is 0 Å². The van der Waals surface area contributed by atoms with Crippen LogP contribution in [0.2, 0.25) is 0 Å². The van der Waals surface area contributed by atoms with Gasteiger partial charge in [0.1, 0.15) is 0 Å². The second-order valence-electron chi connectivity index (χ2n) is 9.27. The highest BCUT2D eigenvalue weighted by atomic mass is 16.5. The first kappa shape index (κ1) is 25.0. The lowest BCUT2D eigenvalue weighted by Gasteiger charge is -2.45. The van der Waals surface area contributed by atoms with Gasteiger partial charge in [-0.1, -0.05) is 79.1 Å². The van der Waals surface area contributed by atoms with Crippen molar-refractivity contribution in [1.29, 1.82) is 0 Å². The smallest absolute Gasteiger partial charge is 0.0661 e. The monoisotopic (exact) mass is 354 g/mol. The van der Waals surface area contributed by atoms with Crippen molar-refractivity contribution in [3.63, 3.8) is 0 Å². The number of unbranched alkanes of at least 4 members (excludes halogenated alkanes) is 4. The van der Waals surface area contributed by atoms with Crippen LogP contribution in [0, 0.1) is 11.8 Å². The van der Waals surface area contributed by atoms with E-state index in [1.54, 1.807) is 0 Å². The minimum atomic E-state index is -0.0233. The third-order valence-electron chi connectivity index (χ3n) is 6.12. The molecule has 0 aromatic rings. The largest absolute Gasteiger partial charge is 0.369 e. The van der Waals surface area contributed by atoms with Crippen LogP contribution >= 0.6 is 0 Å². The van der Waals surface area contributed by atoms with Crippen LogP contribution in [-0.4, -0.2) is 11.2 Å². The minimum absolute atomic E-state index is 0.0233. The van der Waals surface area contributed by atoms with Crippen molar-refractivity contribution >= 4 is 0 Å². The van der Waals surface area contributed by atoms with Gasteiger partial charge in [-0.05, 0) is 65.2 Å². The molecule has 0 aliphatic heterocycles. The summed E-state index contributed by atoms with van der Waals surface area (Å²) < 4.78 is 6.94. The fraction of sp³-hybridized carbons (Fsp3) is 1.00. The van der Waals surface area contributed by atoms with E-state index in [1.807, 2.05) is 0 Å². The van der Waals surface area contributed by atoms with Gasteiger partial charge in [-0.25, -0.2) is 0 Å². The van der Waals surface area contributed by atoms with Crippen LogP contribution < -0.4 is 0 Å².